The molecule has 0 radical (unpaired) electrons. The first-order chi connectivity index (χ1) is 13.8. The molecule has 0 amide bonds. The van der Waals surface area contributed by atoms with Crippen molar-refractivity contribution in [3.8, 4) is 5.88 Å². The maximum Gasteiger partial charge on any atom is 0.213 e. The van der Waals surface area contributed by atoms with E-state index in [1.165, 1.54) is 12.8 Å². The summed E-state index contributed by atoms with van der Waals surface area (Å²) in [5.74, 6) is 1.57. The minimum absolute atomic E-state index is 0.293. The molecule has 0 spiro atoms. The Kier molecular flexibility index (Phi) is 8.36. The second kappa shape index (κ2) is 11.2. The van der Waals surface area contributed by atoms with Crippen molar-refractivity contribution < 1.29 is 14.2 Å². The summed E-state index contributed by atoms with van der Waals surface area (Å²) >= 11 is 0. The van der Waals surface area contributed by atoms with Gasteiger partial charge in [-0.05, 0) is 45.1 Å². The van der Waals surface area contributed by atoms with E-state index in [9.17, 15) is 0 Å². The number of nitrogens with zero attached hydrogens (tertiary/aromatic N) is 3. The Morgan fingerprint density at radius 1 is 1.29 bits per heavy atom. The molecule has 1 unspecified atom stereocenters. The molecule has 7 nitrogen and oxygen atoms in total. The highest BCUT2D eigenvalue weighted by Crippen LogP contribution is 2.18. The molecule has 3 rings (SSSR count). The standard InChI is InChI=1S/C21H34N4O3/c1-3-22-21(23-15-17-7-6-9-20(24-17)26-2)25-12-10-18(11-13-25)28-16-19-8-4-5-14-27-19/h6-7,9,18-19H,3-5,8,10-16H2,1-2H3,(H,22,23). The Balaban J connectivity index is 1.47. The molecule has 1 atom stereocenters. The third-order valence-electron chi connectivity index (χ3n) is 5.25. The summed E-state index contributed by atoms with van der Waals surface area (Å²) in [6, 6.07) is 5.77. The molecule has 7 heteroatoms. The minimum atomic E-state index is 0.293. The van der Waals surface area contributed by atoms with Crippen LogP contribution >= 0.6 is 0 Å². The van der Waals surface area contributed by atoms with Crippen LogP contribution in [0.1, 0.15) is 44.7 Å². The van der Waals surface area contributed by atoms with E-state index in [0.717, 1.165) is 63.8 Å². The second-order valence-corrected chi connectivity index (χ2v) is 7.35. The van der Waals surface area contributed by atoms with E-state index >= 15 is 0 Å². The van der Waals surface area contributed by atoms with E-state index < -0.39 is 0 Å². The smallest absolute Gasteiger partial charge is 0.213 e. The molecule has 2 saturated heterocycles. The van der Waals surface area contributed by atoms with Crippen LogP contribution in [0.3, 0.4) is 0 Å². The van der Waals surface area contributed by atoms with E-state index in [4.69, 9.17) is 19.2 Å². The van der Waals surface area contributed by atoms with Gasteiger partial charge in [0.25, 0.3) is 0 Å². The Bertz CT molecular complexity index is 611. The molecule has 0 saturated carbocycles. The van der Waals surface area contributed by atoms with Crippen LogP contribution in [0.2, 0.25) is 0 Å². The first-order valence-corrected chi connectivity index (χ1v) is 10.5. The molecular formula is C21H34N4O3. The molecule has 156 valence electrons. The second-order valence-electron chi connectivity index (χ2n) is 7.35. The van der Waals surface area contributed by atoms with Crippen molar-refractivity contribution in [3.63, 3.8) is 0 Å². The van der Waals surface area contributed by atoms with Crippen LogP contribution in [0, 0.1) is 0 Å². The molecule has 0 aromatic carbocycles. The molecule has 1 aromatic heterocycles. The Morgan fingerprint density at radius 2 is 2.14 bits per heavy atom. The van der Waals surface area contributed by atoms with Crippen molar-refractivity contribution in [2.45, 2.75) is 57.8 Å². The number of nitrogens with one attached hydrogen (secondary N) is 1. The van der Waals surface area contributed by atoms with Gasteiger partial charge in [0.05, 0.1) is 38.2 Å². The van der Waals surface area contributed by atoms with Crippen molar-refractivity contribution in [2.75, 3.05) is 40.0 Å². The zero-order chi connectivity index (χ0) is 19.6. The zero-order valence-electron chi connectivity index (χ0n) is 17.2. The summed E-state index contributed by atoms with van der Waals surface area (Å²) in [6.45, 7) is 7.01. The Hall–Kier alpha value is -1.86. The minimum Gasteiger partial charge on any atom is -0.481 e. The lowest BCUT2D eigenvalue weighted by Gasteiger charge is -2.35. The van der Waals surface area contributed by atoms with E-state index in [1.54, 1.807) is 7.11 Å². The topological polar surface area (TPSA) is 68.2 Å². The van der Waals surface area contributed by atoms with Gasteiger partial charge in [0.1, 0.15) is 0 Å². The van der Waals surface area contributed by atoms with Gasteiger partial charge in [0.2, 0.25) is 5.88 Å². The van der Waals surface area contributed by atoms with Gasteiger partial charge in [-0.25, -0.2) is 9.98 Å². The molecule has 2 fully saturated rings. The summed E-state index contributed by atoms with van der Waals surface area (Å²) in [6.07, 6.45) is 6.24. The lowest BCUT2D eigenvalue weighted by atomic mass is 10.1. The number of piperidine rings is 1. The van der Waals surface area contributed by atoms with Crippen LogP contribution in [-0.4, -0.2) is 68.0 Å². The Morgan fingerprint density at radius 3 is 2.86 bits per heavy atom. The monoisotopic (exact) mass is 390 g/mol. The number of hydrogen-bond donors (Lipinski definition) is 1. The highest BCUT2D eigenvalue weighted by molar-refractivity contribution is 5.80. The number of rotatable bonds is 7. The maximum absolute atomic E-state index is 6.13. The molecule has 1 aromatic rings. The lowest BCUT2D eigenvalue weighted by Crippen LogP contribution is -2.47. The molecule has 0 bridgehead atoms. The van der Waals surface area contributed by atoms with Gasteiger partial charge >= 0.3 is 0 Å². The number of guanidine groups is 1. The van der Waals surface area contributed by atoms with E-state index in [2.05, 4.69) is 22.1 Å². The summed E-state index contributed by atoms with van der Waals surface area (Å²) < 4.78 is 17.1. The molecular weight excluding hydrogens is 356 g/mol. The number of likely N-dealkylation sites (tertiary alicyclic amines) is 1. The van der Waals surface area contributed by atoms with Gasteiger partial charge in [0, 0.05) is 32.3 Å². The average molecular weight is 391 g/mol. The zero-order valence-corrected chi connectivity index (χ0v) is 17.2. The fraction of sp³-hybridized carbons (Fsp3) is 0.714. The van der Waals surface area contributed by atoms with Crippen molar-refractivity contribution in [2.24, 2.45) is 4.99 Å². The lowest BCUT2D eigenvalue weighted by molar-refractivity contribution is -0.0721. The van der Waals surface area contributed by atoms with Gasteiger partial charge in [-0.2, -0.15) is 0 Å². The molecule has 28 heavy (non-hydrogen) atoms. The van der Waals surface area contributed by atoms with Gasteiger partial charge in [-0.3, -0.25) is 0 Å². The Labute approximate surface area is 168 Å². The predicted octanol–water partition coefficient (Wildman–Crippen LogP) is 2.61. The SMILES string of the molecule is CCNC(=NCc1cccc(OC)n1)N1CCC(OCC2CCCCO2)CC1. The molecule has 0 aliphatic carbocycles. The average Bonchev–Trinajstić information content (AvgIpc) is 2.76. The maximum atomic E-state index is 6.13. The largest absolute Gasteiger partial charge is 0.481 e. The summed E-state index contributed by atoms with van der Waals surface area (Å²) in [4.78, 5) is 11.5. The first-order valence-electron chi connectivity index (χ1n) is 10.5. The van der Waals surface area contributed by atoms with Crippen molar-refractivity contribution in [1.82, 2.24) is 15.2 Å². The van der Waals surface area contributed by atoms with Gasteiger partial charge in [-0.1, -0.05) is 6.07 Å². The molecule has 3 heterocycles. The van der Waals surface area contributed by atoms with Gasteiger partial charge < -0.3 is 24.4 Å². The highest BCUT2D eigenvalue weighted by Gasteiger charge is 2.23. The van der Waals surface area contributed by atoms with Crippen LogP contribution in [-0.2, 0) is 16.0 Å². The van der Waals surface area contributed by atoms with Crippen molar-refractivity contribution in [1.29, 1.82) is 0 Å². The molecule has 2 aliphatic rings. The predicted molar refractivity (Wildman–Crippen MR) is 110 cm³/mol. The van der Waals surface area contributed by atoms with Crippen LogP contribution in [0.15, 0.2) is 23.2 Å². The van der Waals surface area contributed by atoms with Crippen molar-refractivity contribution >= 4 is 5.96 Å². The third-order valence-corrected chi connectivity index (χ3v) is 5.25. The van der Waals surface area contributed by atoms with Gasteiger partial charge in [0.15, 0.2) is 5.96 Å². The fourth-order valence-corrected chi connectivity index (χ4v) is 3.66. The quantitative estimate of drug-likeness (QED) is 0.570. The van der Waals surface area contributed by atoms with E-state index in [1.807, 2.05) is 18.2 Å². The van der Waals surface area contributed by atoms with Crippen LogP contribution in [0.25, 0.3) is 0 Å². The molecule has 1 N–H and O–H groups in total. The van der Waals surface area contributed by atoms with Crippen LogP contribution in [0.4, 0.5) is 0 Å². The van der Waals surface area contributed by atoms with E-state index in [0.29, 0.717) is 24.6 Å². The van der Waals surface area contributed by atoms with E-state index in [-0.39, 0.29) is 0 Å². The highest BCUT2D eigenvalue weighted by atomic mass is 16.5. The summed E-state index contributed by atoms with van der Waals surface area (Å²) in [5, 5.41) is 3.41. The number of aliphatic imine (C=N–C) groups is 1. The summed E-state index contributed by atoms with van der Waals surface area (Å²) in [7, 11) is 1.63. The molecule has 2 aliphatic heterocycles. The number of methoxy groups -OCH3 is 1. The number of aromatic nitrogens is 1. The number of hydrogen-bond acceptors (Lipinski definition) is 5. The number of ether oxygens (including phenoxy) is 3. The van der Waals surface area contributed by atoms with Crippen LogP contribution < -0.4 is 10.1 Å². The van der Waals surface area contributed by atoms with Gasteiger partial charge in [-0.15, -0.1) is 0 Å². The fourth-order valence-electron chi connectivity index (χ4n) is 3.66. The first kappa shape index (κ1) is 20.9. The third kappa shape index (κ3) is 6.34. The van der Waals surface area contributed by atoms with Crippen molar-refractivity contribution in [3.05, 3.63) is 23.9 Å². The van der Waals surface area contributed by atoms with Crippen LogP contribution in [0.5, 0.6) is 5.88 Å². The summed E-state index contributed by atoms with van der Waals surface area (Å²) in [5.41, 5.74) is 0.903. The normalized spacial score (nSPS) is 21.6. The number of pyridine rings is 1.